The highest BCUT2D eigenvalue weighted by Gasteiger charge is 2.44. The Morgan fingerprint density at radius 1 is 1.17 bits per heavy atom. The zero-order chi connectivity index (χ0) is 16.3. The first-order valence-electron chi connectivity index (χ1n) is 8.99. The quantitative estimate of drug-likeness (QED) is 0.806. The van der Waals surface area contributed by atoms with Gasteiger partial charge in [-0.3, -0.25) is 0 Å². The van der Waals surface area contributed by atoms with Crippen molar-refractivity contribution in [2.75, 3.05) is 13.7 Å². The Hall–Kier alpha value is -1.13. The zero-order valence-corrected chi connectivity index (χ0v) is 14.1. The summed E-state index contributed by atoms with van der Waals surface area (Å²) in [5, 5.41) is 11.1. The Labute approximate surface area is 138 Å². The predicted molar refractivity (Wildman–Crippen MR) is 88.0 cm³/mol. The number of aliphatic hydroxyl groups is 1. The first-order chi connectivity index (χ1) is 11.1. The molecule has 0 radical (unpaired) electrons. The normalized spacial score (nSPS) is 27.2. The number of hydrogen-bond donors (Lipinski definition) is 1. The third-order valence-electron chi connectivity index (χ3n) is 5.43. The van der Waals surface area contributed by atoms with E-state index in [0.29, 0.717) is 0 Å². The lowest BCUT2D eigenvalue weighted by Crippen LogP contribution is -2.43. The van der Waals surface area contributed by atoms with Crippen LogP contribution in [-0.2, 0) is 14.3 Å². The second-order valence-corrected chi connectivity index (χ2v) is 7.09. The summed E-state index contributed by atoms with van der Waals surface area (Å²) in [6, 6.07) is 0. The number of hydrogen-bond acceptors (Lipinski definition) is 4. The third-order valence-corrected chi connectivity index (χ3v) is 5.43. The molecule has 4 heteroatoms. The van der Waals surface area contributed by atoms with Crippen LogP contribution in [0.4, 0.5) is 0 Å². The highest BCUT2D eigenvalue weighted by atomic mass is 16.6. The van der Waals surface area contributed by atoms with Gasteiger partial charge in [-0.05, 0) is 50.2 Å². The number of carbonyl (C=O) groups excluding carboxylic acids is 1. The van der Waals surface area contributed by atoms with Crippen molar-refractivity contribution in [2.24, 2.45) is 0 Å². The van der Waals surface area contributed by atoms with Crippen molar-refractivity contribution in [1.82, 2.24) is 0 Å². The molecule has 0 bridgehead atoms. The molecule has 23 heavy (non-hydrogen) atoms. The van der Waals surface area contributed by atoms with E-state index in [-0.39, 0.29) is 18.7 Å². The Bertz CT molecular complexity index is 503. The highest BCUT2D eigenvalue weighted by molar-refractivity contribution is 5.73. The van der Waals surface area contributed by atoms with Gasteiger partial charge in [0.25, 0.3) is 0 Å². The van der Waals surface area contributed by atoms with Crippen molar-refractivity contribution in [2.45, 2.75) is 75.9 Å². The zero-order valence-electron chi connectivity index (χ0n) is 14.1. The average molecular weight is 320 g/mol. The Morgan fingerprint density at radius 2 is 1.83 bits per heavy atom. The van der Waals surface area contributed by atoms with Crippen LogP contribution in [0, 0.1) is 0 Å². The van der Waals surface area contributed by atoms with Gasteiger partial charge < -0.3 is 14.6 Å². The molecule has 4 nitrogen and oxygen atoms in total. The molecular formula is C19H28O4. The van der Waals surface area contributed by atoms with E-state index in [9.17, 15) is 9.90 Å². The van der Waals surface area contributed by atoms with Gasteiger partial charge in [0.15, 0.2) is 0 Å². The van der Waals surface area contributed by atoms with Crippen LogP contribution in [0.3, 0.4) is 0 Å². The standard InChI is InChI=1S/C19H28O4/c1-22-13-17(20)23-16-12-15(19(21)10-6-3-7-11-19)18(16)14-8-4-2-5-9-14/h12,16,21H,2-11,13H2,1H3. The van der Waals surface area contributed by atoms with E-state index in [1.54, 1.807) is 0 Å². The van der Waals surface area contributed by atoms with E-state index in [0.717, 1.165) is 49.7 Å². The summed E-state index contributed by atoms with van der Waals surface area (Å²) in [6.45, 7) is -0.0213. The predicted octanol–water partition coefficient (Wildman–Crippen LogP) is 3.44. The molecule has 0 aromatic rings. The summed E-state index contributed by atoms with van der Waals surface area (Å²) in [5.41, 5.74) is 2.85. The Morgan fingerprint density at radius 3 is 2.48 bits per heavy atom. The number of esters is 1. The van der Waals surface area contributed by atoms with Crippen LogP contribution in [0.2, 0.25) is 0 Å². The van der Waals surface area contributed by atoms with Gasteiger partial charge in [0, 0.05) is 12.7 Å². The molecule has 0 aromatic carbocycles. The van der Waals surface area contributed by atoms with Crippen molar-refractivity contribution in [1.29, 1.82) is 0 Å². The van der Waals surface area contributed by atoms with E-state index >= 15 is 0 Å². The van der Waals surface area contributed by atoms with Crippen molar-refractivity contribution < 1.29 is 19.4 Å². The van der Waals surface area contributed by atoms with E-state index in [1.165, 1.54) is 38.4 Å². The third kappa shape index (κ3) is 3.53. The van der Waals surface area contributed by atoms with Gasteiger partial charge in [0.05, 0.1) is 5.60 Å². The maximum absolute atomic E-state index is 11.8. The maximum atomic E-state index is 11.8. The lowest BCUT2D eigenvalue weighted by Gasteiger charge is -2.43. The molecule has 0 spiro atoms. The van der Waals surface area contributed by atoms with Crippen LogP contribution in [0.15, 0.2) is 22.8 Å². The van der Waals surface area contributed by atoms with E-state index < -0.39 is 5.60 Å². The van der Waals surface area contributed by atoms with Crippen molar-refractivity contribution in [3.8, 4) is 0 Å². The van der Waals surface area contributed by atoms with Gasteiger partial charge >= 0.3 is 5.97 Å². The molecule has 3 aliphatic rings. The summed E-state index contributed by atoms with van der Waals surface area (Å²) >= 11 is 0. The summed E-state index contributed by atoms with van der Waals surface area (Å²) in [7, 11) is 1.49. The van der Waals surface area contributed by atoms with Gasteiger partial charge in [-0.25, -0.2) is 4.79 Å². The number of ether oxygens (including phenoxy) is 2. The molecule has 1 atom stereocenters. The van der Waals surface area contributed by atoms with E-state index in [2.05, 4.69) is 0 Å². The molecular weight excluding hydrogens is 292 g/mol. The van der Waals surface area contributed by atoms with Crippen molar-refractivity contribution in [3.63, 3.8) is 0 Å². The van der Waals surface area contributed by atoms with Gasteiger partial charge in [-0.15, -0.1) is 0 Å². The molecule has 0 saturated heterocycles. The van der Waals surface area contributed by atoms with Crippen molar-refractivity contribution in [3.05, 3.63) is 22.8 Å². The minimum atomic E-state index is -0.706. The van der Waals surface area contributed by atoms with Gasteiger partial charge in [0.1, 0.15) is 12.7 Å². The number of allylic oxidation sites excluding steroid dienone is 1. The van der Waals surface area contributed by atoms with Crippen LogP contribution in [-0.4, -0.2) is 36.5 Å². The topological polar surface area (TPSA) is 55.8 Å². The van der Waals surface area contributed by atoms with Gasteiger partial charge in [-0.1, -0.05) is 31.3 Å². The minimum absolute atomic E-state index is 0.0213. The second kappa shape index (κ2) is 7.18. The van der Waals surface area contributed by atoms with Crippen LogP contribution < -0.4 is 0 Å². The van der Waals surface area contributed by atoms with Crippen LogP contribution >= 0.6 is 0 Å². The molecule has 0 amide bonds. The molecule has 1 unspecified atom stereocenters. The van der Waals surface area contributed by atoms with Gasteiger partial charge in [0.2, 0.25) is 0 Å². The molecule has 0 heterocycles. The number of rotatable bonds is 4. The molecule has 3 rings (SSSR count). The smallest absolute Gasteiger partial charge is 0.332 e. The monoisotopic (exact) mass is 320 g/mol. The van der Waals surface area contributed by atoms with Gasteiger partial charge in [-0.2, -0.15) is 0 Å². The summed E-state index contributed by atoms with van der Waals surface area (Å²) in [6.07, 6.45) is 12.5. The molecule has 3 aliphatic carbocycles. The second-order valence-electron chi connectivity index (χ2n) is 7.09. The lowest BCUT2D eigenvalue weighted by molar-refractivity contribution is -0.150. The fourth-order valence-corrected chi connectivity index (χ4v) is 4.22. The molecule has 0 aromatic heterocycles. The molecule has 2 fully saturated rings. The molecule has 128 valence electrons. The van der Waals surface area contributed by atoms with Crippen LogP contribution in [0.1, 0.15) is 64.2 Å². The van der Waals surface area contributed by atoms with Crippen LogP contribution in [0.25, 0.3) is 0 Å². The fraction of sp³-hybridized carbons (Fsp3) is 0.737. The minimum Gasteiger partial charge on any atom is -0.451 e. The molecule has 2 saturated carbocycles. The van der Waals surface area contributed by atoms with Crippen molar-refractivity contribution >= 4 is 5.97 Å². The molecule has 0 aliphatic heterocycles. The van der Waals surface area contributed by atoms with E-state index in [1.807, 2.05) is 6.08 Å². The fourth-order valence-electron chi connectivity index (χ4n) is 4.22. The Balaban J connectivity index is 1.83. The average Bonchev–Trinajstić information content (AvgIpc) is 2.53. The summed E-state index contributed by atoms with van der Waals surface area (Å²) < 4.78 is 10.4. The first-order valence-corrected chi connectivity index (χ1v) is 8.99. The largest absolute Gasteiger partial charge is 0.451 e. The highest BCUT2D eigenvalue weighted by Crippen LogP contribution is 2.47. The number of methoxy groups -OCH3 is 1. The maximum Gasteiger partial charge on any atom is 0.332 e. The van der Waals surface area contributed by atoms with Crippen LogP contribution in [0.5, 0.6) is 0 Å². The Kier molecular flexibility index (Phi) is 5.22. The SMILES string of the molecule is COCC(=O)OC1C=C(C2(O)CCCCC2)C1=C1CCCCC1. The van der Waals surface area contributed by atoms with E-state index in [4.69, 9.17) is 9.47 Å². The summed E-state index contributed by atoms with van der Waals surface area (Å²) in [5.74, 6) is -0.336. The summed E-state index contributed by atoms with van der Waals surface area (Å²) in [4.78, 5) is 11.8. The molecule has 1 N–H and O–H groups in total. The lowest BCUT2D eigenvalue weighted by atomic mass is 9.68. The number of carbonyl (C=O) groups is 1. The first kappa shape index (κ1) is 16.7.